The molecule has 90 valence electrons. The van der Waals surface area contributed by atoms with Gasteiger partial charge in [-0.25, -0.2) is 4.79 Å². The number of aromatic hydroxyl groups is 1. The van der Waals surface area contributed by atoms with Gasteiger partial charge < -0.3 is 14.6 Å². The fraction of sp³-hybridized carbons (Fsp3) is 0.417. The highest BCUT2D eigenvalue weighted by Gasteiger charge is 2.47. The Morgan fingerprint density at radius 1 is 1.29 bits per heavy atom. The molecule has 0 amide bonds. The van der Waals surface area contributed by atoms with E-state index in [4.69, 9.17) is 9.47 Å². The molecular weight excluding hydrogens is 222 g/mol. The van der Waals surface area contributed by atoms with Crippen LogP contribution in [0, 0.1) is 0 Å². The van der Waals surface area contributed by atoms with Crippen LogP contribution < -0.4 is 9.47 Å². The molecule has 0 unspecified atom stereocenters. The highest BCUT2D eigenvalue weighted by molar-refractivity contribution is 5.55. The van der Waals surface area contributed by atoms with Gasteiger partial charge in [0.05, 0.1) is 14.2 Å². The van der Waals surface area contributed by atoms with E-state index >= 15 is 0 Å². The van der Waals surface area contributed by atoms with Crippen LogP contribution in [-0.2, 0) is 10.3 Å². The summed E-state index contributed by atoms with van der Waals surface area (Å²) in [7, 11) is 3.01. The first-order valence-corrected chi connectivity index (χ1v) is 5.21. The number of hydrogen-bond donors (Lipinski definition) is 1. The van der Waals surface area contributed by atoms with Crippen LogP contribution in [0.15, 0.2) is 17.1 Å². The number of rotatable bonds is 4. The number of carbonyl (C=O) groups excluding carboxylic acids is 1. The molecule has 5 heteroatoms. The second-order valence-corrected chi connectivity index (χ2v) is 3.96. The van der Waals surface area contributed by atoms with E-state index in [1.165, 1.54) is 20.3 Å². The van der Waals surface area contributed by atoms with Crippen LogP contribution in [0.1, 0.15) is 18.4 Å². The number of phenolic OH excluding ortho intramolecular Hbond substituents is 1. The summed E-state index contributed by atoms with van der Waals surface area (Å²) in [5, 5.41) is 9.92. The molecule has 1 aromatic carbocycles. The van der Waals surface area contributed by atoms with Crippen molar-refractivity contribution in [1.82, 2.24) is 0 Å². The van der Waals surface area contributed by atoms with Crippen molar-refractivity contribution in [1.29, 1.82) is 0 Å². The predicted octanol–water partition coefficient (Wildman–Crippen LogP) is 1.73. The first kappa shape index (κ1) is 11.5. The number of ether oxygens (including phenoxy) is 2. The number of isocyanates is 1. The maximum Gasteiger partial charge on any atom is 0.235 e. The summed E-state index contributed by atoms with van der Waals surface area (Å²) in [6.45, 7) is 0. The number of aliphatic imine (C=N–C) groups is 1. The van der Waals surface area contributed by atoms with Crippen molar-refractivity contribution in [3.05, 3.63) is 17.7 Å². The summed E-state index contributed by atoms with van der Waals surface area (Å²) in [5.74, 6) is 1.01. The van der Waals surface area contributed by atoms with Gasteiger partial charge in [0.2, 0.25) is 6.08 Å². The zero-order valence-electron chi connectivity index (χ0n) is 9.69. The van der Waals surface area contributed by atoms with E-state index in [0.29, 0.717) is 17.1 Å². The van der Waals surface area contributed by atoms with Gasteiger partial charge in [-0.15, -0.1) is 0 Å². The minimum atomic E-state index is -0.620. The maximum absolute atomic E-state index is 10.4. The molecule has 0 saturated heterocycles. The molecule has 1 fully saturated rings. The lowest BCUT2D eigenvalue weighted by atomic mass is 10.0. The van der Waals surface area contributed by atoms with E-state index in [1.54, 1.807) is 12.1 Å². The molecule has 1 N–H and O–H groups in total. The Hall–Kier alpha value is -2.00. The number of phenols is 1. The molecule has 1 saturated carbocycles. The third-order valence-corrected chi connectivity index (χ3v) is 2.99. The van der Waals surface area contributed by atoms with E-state index in [-0.39, 0.29) is 5.75 Å². The van der Waals surface area contributed by atoms with E-state index < -0.39 is 5.54 Å². The van der Waals surface area contributed by atoms with Crippen LogP contribution in [-0.4, -0.2) is 25.4 Å². The summed E-state index contributed by atoms with van der Waals surface area (Å²) in [6.07, 6.45) is 3.01. The lowest BCUT2D eigenvalue weighted by Gasteiger charge is -2.14. The Labute approximate surface area is 98.7 Å². The van der Waals surface area contributed by atoms with Gasteiger partial charge in [0.1, 0.15) is 11.3 Å². The first-order chi connectivity index (χ1) is 8.16. The van der Waals surface area contributed by atoms with Crippen molar-refractivity contribution in [2.24, 2.45) is 4.99 Å². The Kier molecular flexibility index (Phi) is 2.77. The molecule has 1 aromatic rings. The third-order valence-electron chi connectivity index (χ3n) is 2.99. The largest absolute Gasteiger partial charge is 0.507 e. The molecule has 0 spiro atoms. The van der Waals surface area contributed by atoms with E-state index in [9.17, 15) is 9.90 Å². The normalized spacial score (nSPS) is 15.9. The molecular formula is C12H13NO4. The van der Waals surface area contributed by atoms with Crippen molar-refractivity contribution in [3.63, 3.8) is 0 Å². The lowest BCUT2D eigenvalue weighted by molar-refractivity contribution is 0.349. The van der Waals surface area contributed by atoms with Gasteiger partial charge in [-0.05, 0) is 18.9 Å². The molecule has 0 aliphatic heterocycles. The smallest absolute Gasteiger partial charge is 0.235 e. The van der Waals surface area contributed by atoms with Gasteiger partial charge in [-0.2, -0.15) is 4.99 Å². The van der Waals surface area contributed by atoms with Crippen molar-refractivity contribution < 1.29 is 19.4 Å². The molecule has 0 aromatic heterocycles. The van der Waals surface area contributed by atoms with E-state index in [1.807, 2.05) is 0 Å². The lowest BCUT2D eigenvalue weighted by Crippen LogP contribution is -2.04. The van der Waals surface area contributed by atoms with Gasteiger partial charge in [0.25, 0.3) is 0 Å². The SMILES string of the molecule is COc1cc(O)c(C2(N=C=O)CC2)cc1OC. The van der Waals surface area contributed by atoms with Crippen LogP contribution in [0.25, 0.3) is 0 Å². The second-order valence-electron chi connectivity index (χ2n) is 3.96. The number of nitrogens with zero attached hydrogens (tertiary/aromatic N) is 1. The topological polar surface area (TPSA) is 68.1 Å². The summed E-state index contributed by atoms with van der Waals surface area (Å²) in [6, 6.07) is 3.12. The minimum Gasteiger partial charge on any atom is -0.507 e. The van der Waals surface area contributed by atoms with Gasteiger partial charge in [0.15, 0.2) is 11.5 Å². The van der Waals surface area contributed by atoms with Crippen LogP contribution in [0.5, 0.6) is 17.2 Å². The maximum atomic E-state index is 10.4. The monoisotopic (exact) mass is 235 g/mol. The van der Waals surface area contributed by atoms with Gasteiger partial charge in [-0.3, -0.25) is 0 Å². The predicted molar refractivity (Wildman–Crippen MR) is 60.2 cm³/mol. The molecule has 0 heterocycles. The molecule has 1 aliphatic carbocycles. The Morgan fingerprint density at radius 3 is 2.35 bits per heavy atom. The van der Waals surface area contributed by atoms with Crippen molar-refractivity contribution in [2.75, 3.05) is 14.2 Å². The third kappa shape index (κ3) is 1.85. The van der Waals surface area contributed by atoms with Crippen LogP contribution in [0.2, 0.25) is 0 Å². The molecule has 2 rings (SSSR count). The zero-order valence-corrected chi connectivity index (χ0v) is 9.69. The fourth-order valence-corrected chi connectivity index (χ4v) is 1.89. The van der Waals surface area contributed by atoms with Gasteiger partial charge in [-0.1, -0.05) is 0 Å². The summed E-state index contributed by atoms with van der Waals surface area (Å²) in [4.78, 5) is 14.2. The van der Waals surface area contributed by atoms with Crippen molar-refractivity contribution in [3.8, 4) is 17.2 Å². The molecule has 0 bridgehead atoms. The standard InChI is InChI=1S/C12H13NO4/c1-16-10-5-8(9(15)6-11(10)17-2)12(3-4-12)13-7-14/h5-6,15H,3-4H2,1-2H3. The molecule has 1 aliphatic rings. The molecule has 17 heavy (non-hydrogen) atoms. The van der Waals surface area contributed by atoms with Crippen LogP contribution in [0.3, 0.4) is 0 Å². The summed E-state index contributed by atoms with van der Waals surface area (Å²) < 4.78 is 10.2. The minimum absolute atomic E-state index is 0.0548. The van der Waals surface area contributed by atoms with Gasteiger partial charge in [0, 0.05) is 11.6 Å². The van der Waals surface area contributed by atoms with Crippen LogP contribution >= 0.6 is 0 Å². The van der Waals surface area contributed by atoms with Crippen molar-refractivity contribution in [2.45, 2.75) is 18.4 Å². The number of benzene rings is 1. The quantitative estimate of drug-likeness (QED) is 0.637. The Morgan fingerprint density at radius 2 is 1.88 bits per heavy atom. The van der Waals surface area contributed by atoms with Crippen LogP contribution in [0.4, 0.5) is 0 Å². The highest BCUT2D eigenvalue weighted by atomic mass is 16.5. The average molecular weight is 235 g/mol. The molecule has 5 nitrogen and oxygen atoms in total. The van der Waals surface area contributed by atoms with E-state index in [2.05, 4.69) is 4.99 Å². The highest BCUT2D eigenvalue weighted by Crippen LogP contribution is 2.54. The van der Waals surface area contributed by atoms with Gasteiger partial charge >= 0.3 is 0 Å². The summed E-state index contributed by atoms with van der Waals surface area (Å²) in [5.41, 5.74) is -0.0377. The van der Waals surface area contributed by atoms with E-state index in [0.717, 1.165) is 12.8 Å². The molecule has 0 atom stereocenters. The molecule has 0 radical (unpaired) electrons. The average Bonchev–Trinajstić information content (AvgIpc) is 3.09. The number of hydrogen-bond acceptors (Lipinski definition) is 5. The summed E-state index contributed by atoms with van der Waals surface area (Å²) >= 11 is 0. The van der Waals surface area contributed by atoms with Crippen molar-refractivity contribution >= 4 is 6.08 Å². The fourth-order valence-electron chi connectivity index (χ4n) is 1.89. The Bertz CT molecular complexity index is 488. The zero-order chi connectivity index (χ0) is 12.5. The second kappa shape index (κ2) is 4.11. The first-order valence-electron chi connectivity index (χ1n) is 5.21. The number of methoxy groups -OCH3 is 2. The Balaban J connectivity index is 2.52.